The van der Waals surface area contributed by atoms with E-state index < -0.39 is 8.69 Å². The van der Waals surface area contributed by atoms with E-state index in [0.717, 1.165) is 4.67 Å². The van der Waals surface area contributed by atoms with Crippen molar-refractivity contribution in [2.75, 3.05) is 13.1 Å². The summed E-state index contributed by atoms with van der Waals surface area (Å²) in [5.74, 6) is 0. The molecule has 1 rings (SSSR count). The van der Waals surface area contributed by atoms with E-state index in [4.69, 9.17) is 0 Å². The summed E-state index contributed by atoms with van der Waals surface area (Å²) in [7, 11) is -2.72. The molecule has 1 saturated heterocycles. The summed E-state index contributed by atoms with van der Waals surface area (Å²) < 4.78 is 23.6. The molecule has 0 aliphatic carbocycles. The molecule has 1 nitrogen and oxygen atoms in total. The van der Waals surface area contributed by atoms with Gasteiger partial charge in [0.25, 0.3) is 0 Å². The maximum absolute atomic E-state index is 11.2. The highest BCUT2D eigenvalue weighted by Crippen LogP contribution is 2.47. The summed E-state index contributed by atoms with van der Waals surface area (Å²) in [6.07, 6.45) is 0. The average molecular weight is 111 g/mol. The van der Waals surface area contributed by atoms with Crippen LogP contribution in [-0.2, 0) is 0 Å². The summed E-state index contributed by atoms with van der Waals surface area (Å²) in [6, 6.07) is 0. The van der Waals surface area contributed by atoms with Gasteiger partial charge in [0.05, 0.1) is 0 Å². The van der Waals surface area contributed by atoms with E-state index in [2.05, 4.69) is 0 Å². The third-order valence-corrected chi connectivity index (χ3v) is 1.47. The first-order valence-electron chi connectivity index (χ1n) is 1.67. The Labute approximate surface area is 36.0 Å². The van der Waals surface area contributed by atoms with Crippen LogP contribution in [-0.4, -0.2) is 17.8 Å². The van der Waals surface area contributed by atoms with Crippen molar-refractivity contribution < 1.29 is 8.39 Å². The Morgan fingerprint density at radius 1 is 1.33 bits per heavy atom. The van der Waals surface area contributed by atoms with Gasteiger partial charge in [0, 0.05) is 13.1 Å². The van der Waals surface area contributed by atoms with Crippen LogP contribution >= 0.6 is 8.69 Å². The highest BCUT2D eigenvalue weighted by molar-refractivity contribution is 7.43. The van der Waals surface area contributed by atoms with Crippen LogP contribution in [0.15, 0.2) is 0 Å². The van der Waals surface area contributed by atoms with E-state index in [0.29, 0.717) is 13.1 Å². The van der Waals surface area contributed by atoms with Crippen molar-refractivity contribution in [1.82, 2.24) is 4.67 Å². The van der Waals surface area contributed by atoms with Crippen LogP contribution in [0.1, 0.15) is 0 Å². The van der Waals surface area contributed by atoms with Crippen molar-refractivity contribution in [3.8, 4) is 0 Å². The van der Waals surface area contributed by atoms with Crippen molar-refractivity contribution >= 4 is 8.69 Å². The van der Waals surface area contributed by atoms with Gasteiger partial charge in [0.1, 0.15) is 0 Å². The van der Waals surface area contributed by atoms with Crippen molar-refractivity contribution in [1.29, 1.82) is 0 Å². The van der Waals surface area contributed by atoms with Gasteiger partial charge in [-0.05, 0) is 0 Å². The van der Waals surface area contributed by atoms with E-state index >= 15 is 0 Å². The Morgan fingerprint density at radius 2 is 1.83 bits per heavy atom. The van der Waals surface area contributed by atoms with Gasteiger partial charge in [0.15, 0.2) is 0 Å². The van der Waals surface area contributed by atoms with Crippen LogP contribution in [0.5, 0.6) is 0 Å². The van der Waals surface area contributed by atoms with Gasteiger partial charge in [-0.3, -0.25) is 0 Å². The lowest BCUT2D eigenvalue weighted by Crippen LogP contribution is -1.72. The maximum atomic E-state index is 11.2. The fraction of sp³-hybridized carbons (Fsp3) is 1.00. The lowest BCUT2D eigenvalue weighted by Gasteiger charge is -1.87. The zero-order valence-electron chi connectivity index (χ0n) is 3.06. The first kappa shape index (κ1) is 4.41. The van der Waals surface area contributed by atoms with Crippen LogP contribution in [0, 0.1) is 0 Å². The van der Waals surface area contributed by atoms with Gasteiger partial charge in [0.2, 0.25) is 0 Å². The topological polar surface area (TPSA) is 3.01 Å². The largest absolute Gasteiger partial charge is 0.345 e. The number of nitrogens with zero attached hydrogens (tertiary/aromatic N) is 1. The summed E-state index contributed by atoms with van der Waals surface area (Å²) in [6.45, 7) is 1.22. The Morgan fingerprint density at radius 3 is 1.83 bits per heavy atom. The zero-order chi connectivity index (χ0) is 4.57. The second kappa shape index (κ2) is 1.39. The summed E-state index contributed by atoms with van der Waals surface area (Å²) in [5, 5.41) is 0. The van der Waals surface area contributed by atoms with Crippen LogP contribution in [0.4, 0.5) is 8.39 Å². The van der Waals surface area contributed by atoms with E-state index in [1.54, 1.807) is 0 Å². The Hall–Kier alpha value is 0.250. The second-order valence-corrected chi connectivity index (χ2v) is 2.16. The lowest BCUT2D eigenvalue weighted by molar-refractivity contribution is 0.656. The molecule has 0 atom stereocenters. The fourth-order valence-corrected chi connectivity index (χ4v) is 0.588. The van der Waals surface area contributed by atoms with E-state index in [-0.39, 0.29) is 0 Å². The molecular formula is C2H4F2NP. The van der Waals surface area contributed by atoms with Gasteiger partial charge < -0.3 is 0 Å². The highest BCUT2D eigenvalue weighted by Gasteiger charge is 2.27. The normalized spacial score (nSPS) is 22.5. The molecule has 0 aromatic carbocycles. The van der Waals surface area contributed by atoms with Crippen molar-refractivity contribution in [3.63, 3.8) is 0 Å². The predicted octanol–water partition coefficient (Wildman–Crippen LogP) is 1.47. The predicted molar refractivity (Wildman–Crippen MR) is 20.7 cm³/mol. The minimum absolute atomic E-state index is 0.610. The first-order chi connectivity index (χ1) is 2.80. The fourth-order valence-electron chi connectivity index (χ4n) is 0.196. The molecule has 6 heavy (non-hydrogen) atoms. The van der Waals surface area contributed by atoms with Crippen molar-refractivity contribution in [3.05, 3.63) is 0 Å². The van der Waals surface area contributed by atoms with Gasteiger partial charge >= 0.3 is 8.69 Å². The molecule has 0 unspecified atom stereocenters. The molecule has 0 aromatic rings. The molecule has 0 amide bonds. The quantitative estimate of drug-likeness (QED) is 0.365. The summed E-state index contributed by atoms with van der Waals surface area (Å²) >= 11 is 0. The Balaban J connectivity index is 2.13. The monoisotopic (exact) mass is 111 g/mol. The molecule has 0 spiro atoms. The number of hydrogen-bond donors (Lipinski definition) is 0. The van der Waals surface area contributed by atoms with Crippen molar-refractivity contribution in [2.24, 2.45) is 0 Å². The minimum Gasteiger partial charge on any atom is -0.227 e. The summed E-state index contributed by atoms with van der Waals surface area (Å²) in [4.78, 5) is 0. The molecule has 4 heteroatoms. The third-order valence-electron chi connectivity index (χ3n) is 0.637. The molecule has 1 aliphatic rings. The third kappa shape index (κ3) is 0.854. The molecule has 36 valence electrons. The van der Waals surface area contributed by atoms with Crippen LogP contribution in [0.25, 0.3) is 0 Å². The second-order valence-electron chi connectivity index (χ2n) is 1.17. The number of rotatable bonds is 1. The average Bonchev–Trinajstić information content (AvgIpc) is 2.06. The molecule has 0 saturated carbocycles. The van der Waals surface area contributed by atoms with E-state index in [1.807, 2.05) is 0 Å². The Bertz CT molecular complexity index is 53.5. The first-order valence-corrected chi connectivity index (χ1v) is 2.75. The van der Waals surface area contributed by atoms with Gasteiger partial charge in [-0.2, -0.15) is 8.39 Å². The molecule has 0 radical (unpaired) electrons. The molecule has 0 N–H and O–H groups in total. The van der Waals surface area contributed by atoms with E-state index in [1.165, 1.54) is 0 Å². The van der Waals surface area contributed by atoms with Crippen LogP contribution in [0.2, 0.25) is 0 Å². The van der Waals surface area contributed by atoms with Gasteiger partial charge in [-0.1, -0.05) is 0 Å². The maximum Gasteiger partial charge on any atom is 0.345 e. The molecule has 1 aliphatic heterocycles. The standard InChI is InChI=1S/C2H4F2NP/c3-6(4)5-1-2-5/h1-2H2. The SMILES string of the molecule is FP(F)N1CC1. The zero-order valence-corrected chi connectivity index (χ0v) is 3.96. The molecule has 0 bridgehead atoms. The smallest absolute Gasteiger partial charge is 0.227 e. The molecule has 1 heterocycles. The lowest BCUT2D eigenvalue weighted by atomic mass is 11.0. The van der Waals surface area contributed by atoms with Crippen LogP contribution in [0.3, 0.4) is 0 Å². The summed E-state index contributed by atoms with van der Waals surface area (Å²) in [5.41, 5.74) is 0. The molecular weight excluding hydrogens is 107 g/mol. The van der Waals surface area contributed by atoms with E-state index in [9.17, 15) is 8.39 Å². The minimum atomic E-state index is -2.72. The van der Waals surface area contributed by atoms with Crippen molar-refractivity contribution in [2.45, 2.75) is 0 Å². The molecule has 1 fully saturated rings. The molecule has 0 aromatic heterocycles. The number of hydrogen-bond acceptors (Lipinski definition) is 1. The van der Waals surface area contributed by atoms with Crippen LogP contribution < -0.4 is 0 Å². The van der Waals surface area contributed by atoms with Gasteiger partial charge in [-0.25, -0.2) is 4.67 Å². The number of halogens is 2. The van der Waals surface area contributed by atoms with Gasteiger partial charge in [-0.15, -0.1) is 0 Å². The highest BCUT2D eigenvalue weighted by atomic mass is 31.2. The Kier molecular flexibility index (Phi) is 1.02.